The number of carbonyl (C=O) groups is 2. The Morgan fingerprint density at radius 2 is 2.07 bits per heavy atom. The number of ether oxygens (including phenoxy) is 1. The fraction of sp³-hybridized carbons (Fsp3) is 0.318. The van der Waals surface area contributed by atoms with E-state index in [2.05, 4.69) is 4.98 Å². The predicted molar refractivity (Wildman–Crippen MR) is 105 cm³/mol. The highest BCUT2D eigenvalue weighted by atomic mass is 16.5. The molecule has 1 amide bonds. The molecule has 0 unspecified atom stereocenters. The summed E-state index contributed by atoms with van der Waals surface area (Å²) in [5.74, 6) is -0.118. The molecule has 0 N–H and O–H groups in total. The van der Waals surface area contributed by atoms with Crippen molar-refractivity contribution < 1.29 is 18.7 Å². The minimum absolute atomic E-state index is 0.148. The second-order valence-corrected chi connectivity index (χ2v) is 7.06. The monoisotopic (exact) mass is 378 g/mol. The molecule has 6 heteroatoms. The number of furan rings is 1. The van der Waals surface area contributed by atoms with Crippen LogP contribution in [0.1, 0.15) is 36.5 Å². The summed E-state index contributed by atoms with van der Waals surface area (Å²) in [5.41, 5.74) is 1.59. The van der Waals surface area contributed by atoms with E-state index in [9.17, 15) is 9.59 Å². The molecule has 1 atom stereocenters. The van der Waals surface area contributed by atoms with Crippen molar-refractivity contribution in [2.75, 3.05) is 13.2 Å². The van der Waals surface area contributed by atoms with Crippen LogP contribution in [-0.4, -0.2) is 41.0 Å². The van der Waals surface area contributed by atoms with E-state index in [1.54, 1.807) is 29.4 Å². The fourth-order valence-electron chi connectivity index (χ4n) is 3.65. The van der Waals surface area contributed by atoms with E-state index in [0.717, 1.165) is 25.8 Å². The van der Waals surface area contributed by atoms with Gasteiger partial charge in [0.15, 0.2) is 12.4 Å². The third-order valence-electron chi connectivity index (χ3n) is 5.16. The zero-order chi connectivity index (χ0) is 19.5. The van der Waals surface area contributed by atoms with Crippen molar-refractivity contribution in [2.45, 2.75) is 32.2 Å². The summed E-state index contributed by atoms with van der Waals surface area (Å²) in [6, 6.07) is 12.7. The number of pyridine rings is 1. The molecule has 6 nitrogen and oxygen atoms in total. The van der Waals surface area contributed by atoms with Crippen LogP contribution >= 0.6 is 0 Å². The molecule has 1 saturated heterocycles. The van der Waals surface area contributed by atoms with Gasteiger partial charge in [-0.15, -0.1) is 0 Å². The Kier molecular flexibility index (Phi) is 5.10. The van der Waals surface area contributed by atoms with Crippen LogP contribution < -0.4 is 0 Å². The number of fused-ring (bicyclic) bond motifs is 1. The van der Waals surface area contributed by atoms with E-state index < -0.39 is 5.97 Å². The predicted octanol–water partition coefficient (Wildman–Crippen LogP) is 4.05. The fourth-order valence-corrected chi connectivity index (χ4v) is 3.65. The van der Waals surface area contributed by atoms with Crippen LogP contribution in [0.3, 0.4) is 0 Å². The first-order chi connectivity index (χ1) is 13.6. The van der Waals surface area contributed by atoms with E-state index in [1.165, 1.54) is 0 Å². The van der Waals surface area contributed by atoms with Crippen molar-refractivity contribution >= 4 is 22.8 Å². The molecule has 0 radical (unpaired) electrons. The number of hydrogen-bond donors (Lipinski definition) is 0. The van der Waals surface area contributed by atoms with Gasteiger partial charge in [0.2, 0.25) is 0 Å². The molecule has 0 aliphatic carbocycles. The molecular formula is C22H22N2O4. The first kappa shape index (κ1) is 18.2. The SMILES string of the molecule is C[C@@H]1CCCCN1C(=O)COC(=O)c1cc(-c2ccco2)nc2ccccc12. The largest absolute Gasteiger partial charge is 0.463 e. The number of aromatic nitrogens is 1. The number of benzene rings is 1. The van der Waals surface area contributed by atoms with Crippen LogP contribution in [0.2, 0.25) is 0 Å². The summed E-state index contributed by atoms with van der Waals surface area (Å²) < 4.78 is 10.8. The van der Waals surface area contributed by atoms with Crippen molar-refractivity contribution in [1.82, 2.24) is 9.88 Å². The van der Waals surface area contributed by atoms with Gasteiger partial charge in [0, 0.05) is 18.0 Å². The number of carbonyl (C=O) groups excluding carboxylic acids is 2. The lowest BCUT2D eigenvalue weighted by atomic mass is 10.0. The summed E-state index contributed by atoms with van der Waals surface area (Å²) in [6.45, 7) is 2.50. The lowest BCUT2D eigenvalue weighted by molar-refractivity contribution is -0.137. The number of nitrogens with zero attached hydrogens (tertiary/aromatic N) is 2. The molecule has 0 saturated carbocycles. The standard InChI is InChI=1S/C22H22N2O4/c1-15-7-4-5-11-24(15)21(25)14-28-22(26)17-13-19(20-10-6-12-27-20)23-18-9-3-2-8-16(17)18/h2-3,6,8-10,12-13,15H,4-5,7,11,14H2,1H3/t15-/m1/s1. The molecule has 3 heterocycles. The van der Waals surface area contributed by atoms with Crippen molar-refractivity contribution in [3.8, 4) is 11.5 Å². The zero-order valence-corrected chi connectivity index (χ0v) is 15.8. The van der Waals surface area contributed by atoms with E-state index in [4.69, 9.17) is 9.15 Å². The molecule has 0 spiro atoms. The van der Waals surface area contributed by atoms with Crippen LogP contribution in [0.5, 0.6) is 0 Å². The molecule has 1 aromatic carbocycles. The van der Waals surface area contributed by atoms with Gasteiger partial charge in [-0.1, -0.05) is 18.2 Å². The Morgan fingerprint density at radius 1 is 1.21 bits per heavy atom. The highest BCUT2D eigenvalue weighted by Gasteiger charge is 2.24. The summed E-state index contributed by atoms with van der Waals surface area (Å²) in [4.78, 5) is 31.6. The highest BCUT2D eigenvalue weighted by molar-refractivity contribution is 6.05. The summed E-state index contributed by atoms with van der Waals surface area (Å²) in [5, 5.41) is 0.682. The molecule has 144 valence electrons. The van der Waals surface area contributed by atoms with Crippen molar-refractivity contribution in [3.63, 3.8) is 0 Å². The topological polar surface area (TPSA) is 72.6 Å². The van der Waals surface area contributed by atoms with Crippen molar-refractivity contribution in [3.05, 3.63) is 54.3 Å². The third-order valence-corrected chi connectivity index (χ3v) is 5.16. The Labute approximate surface area is 163 Å². The average Bonchev–Trinajstić information content (AvgIpc) is 3.26. The maximum atomic E-state index is 12.8. The second kappa shape index (κ2) is 7.84. The summed E-state index contributed by atoms with van der Waals surface area (Å²) in [6.07, 6.45) is 4.67. The molecule has 28 heavy (non-hydrogen) atoms. The Balaban J connectivity index is 1.57. The summed E-state index contributed by atoms with van der Waals surface area (Å²) >= 11 is 0. The van der Waals surface area contributed by atoms with Gasteiger partial charge in [-0.25, -0.2) is 9.78 Å². The van der Waals surface area contributed by atoms with Gasteiger partial charge in [0.25, 0.3) is 5.91 Å². The van der Waals surface area contributed by atoms with Gasteiger partial charge < -0.3 is 14.1 Å². The zero-order valence-electron chi connectivity index (χ0n) is 15.8. The number of rotatable bonds is 4. The third kappa shape index (κ3) is 3.63. The second-order valence-electron chi connectivity index (χ2n) is 7.06. The van der Waals surface area contributed by atoms with Crippen LogP contribution in [0, 0.1) is 0 Å². The first-order valence-corrected chi connectivity index (χ1v) is 9.54. The van der Waals surface area contributed by atoms with Crippen molar-refractivity contribution in [1.29, 1.82) is 0 Å². The van der Waals surface area contributed by atoms with Gasteiger partial charge in [-0.3, -0.25) is 4.79 Å². The maximum Gasteiger partial charge on any atom is 0.339 e. The number of hydrogen-bond acceptors (Lipinski definition) is 5. The lowest BCUT2D eigenvalue weighted by Gasteiger charge is -2.33. The van der Waals surface area contributed by atoms with Crippen LogP contribution in [0.4, 0.5) is 0 Å². The van der Waals surface area contributed by atoms with E-state index in [-0.39, 0.29) is 18.6 Å². The first-order valence-electron chi connectivity index (χ1n) is 9.54. The van der Waals surface area contributed by atoms with Crippen LogP contribution in [0.15, 0.2) is 53.1 Å². The van der Waals surface area contributed by atoms with E-state index in [1.807, 2.05) is 31.2 Å². The number of esters is 1. The average molecular weight is 378 g/mol. The molecular weight excluding hydrogens is 356 g/mol. The van der Waals surface area contributed by atoms with Crippen LogP contribution in [0.25, 0.3) is 22.4 Å². The molecule has 1 aliphatic heterocycles. The molecule has 3 aromatic rings. The number of piperidine rings is 1. The van der Waals surface area contributed by atoms with Crippen molar-refractivity contribution in [2.24, 2.45) is 0 Å². The van der Waals surface area contributed by atoms with Gasteiger partial charge in [-0.05, 0) is 50.5 Å². The molecule has 1 aliphatic rings. The van der Waals surface area contributed by atoms with E-state index in [0.29, 0.717) is 27.9 Å². The normalized spacial score (nSPS) is 16.9. The Bertz CT molecular complexity index is 997. The van der Waals surface area contributed by atoms with Gasteiger partial charge in [0.05, 0.1) is 17.3 Å². The number of para-hydroxylation sites is 1. The quantitative estimate of drug-likeness (QED) is 0.641. The Hall–Kier alpha value is -3.15. The molecule has 4 rings (SSSR count). The molecule has 1 fully saturated rings. The highest BCUT2D eigenvalue weighted by Crippen LogP contribution is 2.26. The number of likely N-dealkylation sites (tertiary alicyclic amines) is 1. The summed E-state index contributed by atoms with van der Waals surface area (Å²) in [7, 11) is 0. The van der Waals surface area contributed by atoms with Crippen LogP contribution in [-0.2, 0) is 9.53 Å². The Morgan fingerprint density at radius 3 is 2.86 bits per heavy atom. The van der Waals surface area contributed by atoms with Gasteiger partial charge in [0.1, 0.15) is 5.69 Å². The maximum absolute atomic E-state index is 12.8. The van der Waals surface area contributed by atoms with E-state index >= 15 is 0 Å². The molecule has 0 bridgehead atoms. The number of amides is 1. The minimum atomic E-state index is -0.538. The lowest BCUT2D eigenvalue weighted by Crippen LogP contribution is -2.44. The molecule has 2 aromatic heterocycles. The van der Waals surface area contributed by atoms with Gasteiger partial charge in [-0.2, -0.15) is 0 Å². The minimum Gasteiger partial charge on any atom is -0.463 e. The van der Waals surface area contributed by atoms with Gasteiger partial charge >= 0.3 is 5.97 Å². The smallest absolute Gasteiger partial charge is 0.339 e.